The first-order valence-electron chi connectivity index (χ1n) is 6.23. The number of nitrogens with one attached hydrogen (secondary N) is 1. The standard InChI is InChI=1S/C15H16N2O/c1-4-11-5-6-13(18-11)15-16-12-8-9(2)7-10(3)14(12)17-15/h5-8H,4H2,1-3H3,(H,16,17). The maximum absolute atomic E-state index is 5.72. The van der Waals surface area contributed by atoms with Crippen molar-refractivity contribution < 1.29 is 4.42 Å². The van der Waals surface area contributed by atoms with E-state index in [4.69, 9.17) is 4.42 Å². The summed E-state index contributed by atoms with van der Waals surface area (Å²) in [5, 5.41) is 0. The third-order valence-corrected chi connectivity index (χ3v) is 3.17. The fourth-order valence-electron chi connectivity index (χ4n) is 2.28. The summed E-state index contributed by atoms with van der Waals surface area (Å²) in [5.74, 6) is 2.59. The SMILES string of the molecule is CCc1ccc(-c2nc3c(C)cc(C)cc3[nH]2)o1. The third-order valence-electron chi connectivity index (χ3n) is 3.17. The molecule has 18 heavy (non-hydrogen) atoms. The Kier molecular flexibility index (Phi) is 2.47. The summed E-state index contributed by atoms with van der Waals surface area (Å²) in [6, 6.07) is 8.23. The Labute approximate surface area is 106 Å². The largest absolute Gasteiger partial charge is 0.458 e. The Bertz CT molecular complexity index is 706. The quantitative estimate of drug-likeness (QED) is 0.735. The average molecular weight is 240 g/mol. The van der Waals surface area contributed by atoms with E-state index in [1.54, 1.807) is 0 Å². The number of rotatable bonds is 2. The molecule has 3 nitrogen and oxygen atoms in total. The smallest absolute Gasteiger partial charge is 0.174 e. The fraction of sp³-hybridized carbons (Fsp3) is 0.267. The summed E-state index contributed by atoms with van der Waals surface area (Å²) in [4.78, 5) is 7.95. The van der Waals surface area contributed by atoms with Crippen LogP contribution in [0.15, 0.2) is 28.7 Å². The van der Waals surface area contributed by atoms with E-state index >= 15 is 0 Å². The van der Waals surface area contributed by atoms with E-state index in [9.17, 15) is 0 Å². The predicted molar refractivity (Wildman–Crippen MR) is 72.6 cm³/mol. The summed E-state index contributed by atoms with van der Waals surface area (Å²) in [6.07, 6.45) is 0.901. The molecule has 0 saturated heterocycles. The lowest BCUT2D eigenvalue weighted by Crippen LogP contribution is -1.79. The molecule has 0 saturated carbocycles. The van der Waals surface area contributed by atoms with E-state index in [1.165, 1.54) is 11.1 Å². The molecule has 0 aliphatic rings. The number of hydrogen-bond acceptors (Lipinski definition) is 2. The number of aryl methyl sites for hydroxylation is 3. The van der Waals surface area contributed by atoms with Crippen LogP contribution in [0.3, 0.4) is 0 Å². The molecule has 0 radical (unpaired) electrons. The van der Waals surface area contributed by atoms with Gasteiger partial charge in [-0.15, -0.1) is 0 Å². The van der Waals surface area contributed by atoms with Crippen LogP contribution in [0.4, 0.5) is 0 Å². The van der Waals surface area contributed by atoms with Crippen LogP contribution >= 0.6 is 0 Å². The first kappa shape index (κ1) is 11.1. The van der Waals surface area contributed by atoms with Crippen molar-refractivity contribution >= 4 is 11.0 Å². The first-order chi connectivity index (χ1) is 8.67. The molecule has 0 bridgehead atoms. The molecule has 0 aliphatic carbocycles. The van der Waals surface area contributed by atoms with Crippen molar-refractivity contribution in [3.8, 4) is 11.6 Å². The zero-order valence-corrected chi connectivity index (χ0v) is 10.9. The maximum Gasteiger partial charge on any atom is 0.174 e. The van der Waals surface area contributed by atoms with Crippen LogP contribution in [-0.2, 0) is 6.42 Å². The van der Waals surface area contributed by atoms with Crippen molar-refractivity contribution in [3.63, 3.8) is 0 Å². The Balaban J connectivity index is 2.16. The van der Waals surface area contributed by atoms with Gasteiger partial charge in [-0.25, -0.2) is 4.98 Å². The van der Waals surface area contributed by atoms with Gasteiger partial charge in [-0.05, 0) is 43.2 Å². The van der Waals surface area contributed by atoms with Gasteiger partial charge in [-0.3, -0.25) is 0 Å². The minimum atomic E-state index is 0.804. The van der Waals surface area contributed by atoms with Crippen molar-refractivity contribution in [2.24, 2.45) is 0 Å². The third kappa shape index (κ3) is 1.72. The fourth-order valence-corrected chi connectivity index (χ4v) is 2.28. The second-order valence-electron chi connectivity index (χ2n) is 4.68. The molecular weight excluding hydrogens is 224 g/mol. The molecule has 0 fully saturated rings. The number of fused-ring (bicyclic) bond motifs is 1. The highest BCUT2D eigenvalue weighted by atomic mass is 16.3. The number of hydrogen-bond donors (Lipinski definition) is 1. The van der Waals surface area contributed by atoms with E-state index in [-0.39, 0.29) is 0 Å². The molecule has 1 N–H and O–H groups in total. The number of aromatic nitrogens is 2. The maximum atomic E-state index is 5.72. The zero-order valence-electron chi connectivity index (χ0n) is 10.9. The van der Waals surface area contributed by atoms with Crippen LogP contribution in [0.1, 0.15) is 23.8 Å². The lowest BCUT2D eigenvalue weighted by Gasteiger charge is -1.96. The number of nitrogens with zero attached hydrogens (tertiary/aromatic N) is 1. The molecule has 0 aliphatic heterocycles. The minimum absolute atomic E-state index is 0.804. The molecule has 3 rings (SSSR count). The molecule has 0 amide bonds. The number of furan rings is 1. The van der Waals surface area contributed by atoms with Gasteiger partial charge in [0.05, 0.1) is 11.0 Å². The predicted octanol–water partition coefficient (Wildman–Crippen LogP) is 4.00. The van der Waals surface area contributed by atoms with Gasteiger partial charge in [-0.1, -0.05) is 13.0 Å². The van der Waals surface area contributed by atoms with Crippen molar-refractivity contribution in [2.75, 3.05) is 0 Å². The van der Waals surface area contributed by atoms with E-state index < -0.39 is 0 Å². The number of imidazole rings is 1. The van der Waals surface area contributed by atoms with Gasteiger partial charge in [-0.2, -0.15) is 0 Å². The second kappa shape index (κ2) is 4.02. The molecule has 0 atom stereocenters. The molecule has 0 spiro atoms. The minimum Gasteiger partial charge on any atom is -0.458 e. The Morgan fingerprint density at radius 3 is 2.78 bits per heavy atom. The van der Waals surface area contributed by atoms with Gasteiger partial charge in [0, 0.05) is 6.42 Å². The number of benzene rings is 1. The van der Waals surface area contributed by atoms with Gasteiger partial charge in [0.25, 0.3) is 0 Å². The average Bonchev–Trinajstić information content (AvgIpc) is 2.93. The first-order valence-corrected chi connectivity index (χ1v) is 6.23. The normalized spacial score (nSPS) is 11.3. The highest BCUT2D eigenvalue weighted by Crippen LogP contribution is 2.25. The number of aromatic amines is 1. The molecule has 2 heterocycles. The van der Waals surface area contributed by atoms with Crippen LogP contribution in [0, 0.1) is 13.8 Å². The molecular formula is C15H16N2O. The van der Waals surface area contributed by atoms with Crippen LogP contribution in [0.5, 0.6) is 0 Å². The summed E-state index contributed by atoms with van der Waals surface area (Å²) in [5.41, 5.74) is 4.51. The monoisotopic (exact) mass is 240 g/mol. The summed E-state index contributed by atoms with van der Waals surface area (Å²) < 4.78 is 5.72. The van der Waals surface area contributed by atoms with Crippen molar-refractivity contribution in [3.05, 3.63) is 41.2 Å². The molecule has 3 heteroatoms. The van der Waals surface area contributed by atoms with E-state index in [0.717, 1.165) is 34.8 Å². The Hall–Kier alpha value is -2.03. The van der Waals surface area contributed by atoms with Crippen molar-refractivity contribution in [2.45, 2.75) is 27.2 Å². The van der Waals surface area contributed by atoms with Gasteiger partial charge in [0.2, 0.25) is 0 Å². The zero-order chi connectivity index (χ0) is 12.7. The summed E-state index contributed by atoms with van der Waals surface area (Å²) in [6.45, 7) is 6.25. The van der Waals surface area contributed by atoms with Crippen LogP contribution in [-0.4, -0.2) is 9.97 Å². The van der Waals surface area contributed by atoms with Gasteiger partial charge >= 0.3 is 0 Å². The molecule has 3 aromatic rings. The Morgan fingerprint density at radius 1 is 1.22 bits per heavy atom. The molecule has 92 valence electrons. The van der Waals surface area contributed by atoms with E-state index in [1.807, 2.05) is 12.1 Å². The Morgan fingerprint density at radius 2 is 2.06 bits per heavy atom. The highest BCUT2D eigenvalue weighted by Gasteiger charge is 2.10. The van der Waals surface area contributed by atoms with E-state index in [0.29, 0.717) is 0 Å². The summed E-state index contributed by atoms with van der Waals surface area (Å²) >= 11 is 0. The van der Waals surface area contributed by atoms with Crippen LogP contribution in [0.2, 0.25) is 0 Å². The van der Waals surface area contributed by atoms with Crippen LogP contribution in [0.25, 0.3) is 22.6 Å². The second-order valence-corrected chi connectivity index (χ2v) is 4.68. The van der Waals surface area contributed by atoms with Gasteiger partial charge < -0.3 is 9.40 Å². The molecule has 0 unspecified atom stereocenters. The van der Waals surface area contributed by atoms with Crippen LogP contribution < -0.4 is 0 Å². The number of H-pyrrole nitrogens is 1. The lowest BCUT2D eigenvalue weighted by atomic mass is 10.1. The van der Waals surface area contributed by atoms with Crippen molar-refractivity contribution in [1.82, 2.24) is 9.97 Å². The molecule has 2 aromatic heterocycles. The van der Waals surface area contributed by atoms with Gasteiger partial charge in [0.1, 0.15) is 5.76 Å². The summed E-state index contributed by atoms with van der Waals surface area (Å²) in [7, 11) is 0. The topological polar surface area (TPSA) is 41.8 Å². The highest BCUT2D eigenvalue weighted by molar-refractivity contribution is 5.82. The lowest BCUT2D eigenvalue weighted by molar-refractivity contribution is 0.526. The molecule has 1 aromatic carbocycles. The van der Waals surface area contributed by atoms with E-state index in [2.05, 4.69) is 42.9 Å². The van der Waals surface area contributed by atoms with Gasteiger partial charge in [0.15, 0.2) is 11.6 Å². The van der Waals surface area contributed by atoms with Crippen molar-refractivity contribution in [1.29, 1.82) is 0 Å².